The van der Waals surface area contributed by atoms with E-state index in [2.05, 4.69) is 5.32 Å². The summed E-state index contributed by atoms with van der Waals surface area (Å²) in [4.78, 5) is 25.8. The zero-order chi connectivity index (χ0) is 22.9. The van der Waals surface area contributed by atoms with E-state index in [1.54, 1.807) is 11.0 Å². The molecular weight excluding hydrogens is 401 g/mol. The molecule has 1 aromatic rings. The number of benzene rings is 1. The second-order valence-electron chi connectivity index (χ2n) is 8.94. The molecule has 1 aromatic carbocycles. The number of nitrogens with one attached hydrogen (secondary N) is 1. The van der Waals surface area contributed by atoms with E-state index in [0.29, 0.717) is 50.9 Å². The van der Waals surface area contributed by atoms with Gasteiger partial charge in [0.05, 0.1) is 12.2 Å². The highest BCUT2D eigenvalue weighted by Gasteiger charge is 2.26. The van der Waals surface area contributed by atoms with Crippen molar-refractivity contribution in [3.63, 3.8) is 0 Å². The predicted molar refractivity (Wildman–Crippen MR) is 118 cm³/mol. The van der Waals surface area contributed by atoms with Gasteiger partial charge in [-0.25, -0.2) is 9.18 Å². The molecule has 0 aliphatic carbocycles. The van der Waals surface area contributed by atoms with E-state index in [1.165, 1.54) is 12.1 Å². The molecule has 8 heteroatoms. The highest BCUT2D eigenvalue weighted by atomic mass is 19.1. The molecule has 1 aliphatic rings. The number of piperidine rings is 1. The lowest BCUT2D eigenvalue weighted by Crippen LogP contribution is -2.41. The van der Waals surface area contributed by atoms with Crippen LogP contribution in [0, 0.1) is 11.7 Å². The van der Waals surface area contributed by atoms with Crippen molar-refractivity contribution in [3.8, 4) is 5.75 Å². The summed E-state index contributed by atoms with van der Waals surface area (Å²) in [7, 11) is 0. The molecule has 1 saturated heterocycles. The number of nitrogens with zero attached hydrogens (tertiary/aromatic N) is 1. The Bertz CT molecular complexity index is 728. The third-order valence-corrected chi connectivity index (χ3v) is 5.14. The van der Waals surface area contributed by atoms with Gasteiger partial charge < -0.3 is 25.4 Å². The summed E-state index contributed by atoms with van der Waals surface area (Å²) in [5, 5.41) is 2.64. The number of hydrogen-bond donors (Lipinski definition) is 2. The first-order chi connectivity index (χ1) is 14.7. The maximum Gasteiger partial charge on any atom is 0.410 e. The fraction of sp³-hybridized carbons (Fsp3) is 0.652. The third-order valence-electron chi connectivity index (χ3n) is 5.14. The molecule has 7 nitrogen and oxygen atoms in total. The molecule has 174 valence electrons. The Morgan fingerprint density at radius 1 is 1.23 bits per heavy atom. The molecule has 2 amide bonds. The Morgan fingerprint density at radius 2 is 1.94 bits per heavy atom. The van der Waals surface area contributed by atoms with Crippen LogP contribution in [0.3, 0.4) is 0 Å². The van der Waals surface area contributed by atoms with E-state index in [1.807, 2.05) is 20.8 Å². The average molecular weight is 438 g/mol. The van der Waals surface area contributed by atoms with Gasteiger partial charge in [0.15, 0.2) is 0 Å². The van der Waals surface area contributed by atoms with Crippen LogP contribution < -0.4 is 15.8 Å². The molecule has 1 aliphatic heterocycles. The number of likely N-dealkylation sites (tertiary alicyclic amines) is 1. The maximum atomic E-state index is 14.2. The fourth-order valence-electron chi connectivity index (χ4n) is 3.46. The second-order valence-corrected chi connectivity index (χ2v) is 8.94. The molecule has 0 saturated carbocycles. The first-order valence-corrected chi connectivity index (χ1v) is 11.1. The monoisotopic (exact) mass is 437 g/mol. The number of carbonyl (C=O) groups excluding carboxylic acids is 2. The zero-order valence-corrected chi connectivity index (χ0v) is 18.9. The summed E-state index contributed by atoms with van der Waals surface area (Å²) < 4.78 is 25.3. The van der Waals surface area contributed by atoms with Crippen molar-refractivity contribution < 1.29 is 23.5 Å². The largest absolute Gasteiger partial charge is 0.493 e. The Labute approximate surface area is 184 Å². The first kappa shape index (κ1) is 24.9. The molecular formula is C23H36FN3O4. The van der Waals surface area contributed by atoms with Crippen molar-refractivity contribution in [2.45, 2.75) is 58.5 Å². The van der Waals surface area contributed by atoms with Crippen LogP contribution in [0.5, 0.6) is 5.75 Å². The SMILES string of the molecule is CC(C)(C)OC(=O)N1CCC(CCCOc2ccc(C(=O)NCCCN)c(F)c2)CC1. The van der Waals surface area contributed by atoms with E-state index in [0.717, 1.165) is 25.7 Å². The standard InChI is InChI=1S/C23H36FN3O4/c1-23(2,3)31-22(29)27-13-9-17(10-14-27)6-4-15-30-18-7-8-19(20(24)16-18)21(28)26-12-5-11-25/h7-8,16-17H,4-6,9-15,25H2,1-3H3,(H,26,28). The van der Waals surface area contributed by atoms with E-state index >= 15 is 0 Å². The number of carbonyl (C=O) groups is 2. The van der Waals surface area contributed by atoms with Gasteiger partial charge in [0.25, 0.3) is 5.91 Å². The van der Waals surface area contributed by atoms with E-state index in [9.17, 15) is 14.0 Å². The van der Waals surface area contributed by atoms with Gasteiger partial charge in [0.2, 0.25) is 0 Å². The van der Waals surface area contributed by atoms with E-state index < -0.39 is 17.3 Å². The lowest BCUT2D eigenvalue weighted by atomic mass is 9.92. The molecule has 1 heterocycles. The molecule has 3 N–H and O–H groups in total. The second kappa shape index (κ2) is 11.9. The van der Waals surface area contributed by atoms with Crippen molar-refractivity contribution in [1.82, 2.24) is 10.2 Å². The summed E-state index contributed by atoms with van der Waals surface area (Å²) in [5.41, 5.74) is 4.91. The first-order valence-electron chi connectivity index (χ1n) is 11.1. The lowest BCUT2D eigenvalue weighted by Gasteiger charge is -2.33. The number of amides is 2. The fourth-order valence-corrected chi connectivity index (χ4v) is 3.46. The average Bonchev–Trinajstić information content (AvgIpc) is 2.70. The minimum absolute atomic E-state index is 0.00104. The van der Waals surface area contributed by atoms with Crippen LogP contribution in [0.4, 0.5) is 9.18 Å². The van der Waals surface area contributed by atoms with Crippen LogP contribution in [-0.2, 0) is 4.74 Å². The quantitative estimate of drug-likeness (QED) is 0.575. The highest BCUT2D eigenvalue weighted by molar-refractivity contribution is 5.94. The zero-order valence-electron chi connectivity index (χ0n) is 18.9. The lowest BCUT2D eigenvalue weighted by molar-refractivity contribution is 0.0179. The minimum Gasteiger partial charge on any atom is -0.493 e. The van der Waals surface area contributed by atoms with Gasteiger partial charge in [-0.15, -0.1) is 0 Å². The molecule has 0 unspecified atom stereocenters. The van der Waals surface area contributed by atoms with Gasteiger partial charge >= 0.3 is 6.09 Å². The van der Waals surface area contributed by atoms with Gasteiger partial charge in [0, 0.05) is 25.7 Å². The van der Waals surface area contributed by atoms with Gasteiger partial charge in [0.1, 0.15) is 17.2 Å². The highest BCUT2D eigenvalue weighted by Crippen LogP contribution is 2.24. The Kier molecular flexibility index (Phi) is 9.55. The molecule has 0 bridgehead atoms. The minimum atomic E-state index is -0.600. The summed E-state index contributed by atoms with van der Waals surface area (Å²) in [6.45, 7) is 8.40. The smallest absolute Gasteiger partial charge is 0.410 e. The van der Waals surface area contributed by atoms with Gasteiger partial charge in [-0.1, -0.05) is 0 Å². The molecule has 0 spiro atoms. The molecule has 31 heavy (non-hydrogen) atoms. The number of rotatable bonds is 9. The van der Waals surface area contributed by atoms with Crippen molar-refractivity contribution in [1.29, 1.82) is 0 Å². The van der Waals surface area contributed by atoms with E-state index in [-0.39, 0.29) is 11.7 Å². The van der Waals surface area contributed by atoms with Crippen LogP contribution in [0.2, 0.25) is 0 Å². The predicted octanol–water partition coefficient (Wildman–Crippen LogP) is 3.71. The molecule has 0 radical (unpaired) electrons. The van der Waals surface area contributed by atoms with Crippen LogP contribution in [0.15, 0.2) is 18.2 Å². The Morgan fingerprint density at radius 3 is 2.55 bits per heavy atom. The molecule has 0 atom stereocenters. The number of halogens is 1. The maximum absolute atomic E-state index is 14.2. The normalized spacial score (nSPS) is 14.9. The molecule has 0 aromatic heterocycles. The van der Waals surface area contributed by atoms with Crippen molar-refractivity contribution in [2.75, 3.05) is 32.8 Å². The third kappa shape index (κ3) is 8.73. The van der Waals surface area contributed by atoms with Gasteiger partial charge in [-0.2, -0.15) is 0 Å². The Balaban J connectivity index is 1.67. The van der Waals surface area contributed by atoms with Crippen LogP contribution in [0.25, 0.3) is 0 Å². The summed E-state index contributed by atoms with van der Waals surface area (Å²) in [6.07, 6.45) is 4.14. The summed E-state index contributed by atoms with van der Waals surface area (Å²) in [6, 6.07) is 4.30. The number of nitrogens with two attached hydrogens (primary N) is 1. The van der Waals surface area contributed by atoms with Gasteiger partial charge in [-0.05, 0) is 77.5 Å². The van der Waals surface area contributed by atoms with Gasteiger partial charge in [-0.3, -0.25) is 4.79 Å². The van der Waals surface area contributed by atoms with Crippen molar-refractivity contribution in [2.24, 2.45) is 11.7 Å². The summed E-state index contributed by atoms with van der Waals surface area (Å²) in [5.74, 6) is -0.0955. The van der Waals surface area contributed by atoms with Crippen molar-refractivity contribution in [3.05, 3.63) is 29.6 Å². The van der Waals surface area contributed by atoms with E-state index in [4.69, 9.17) is 15.2 Å². The van der Waals surface area contributed by atoms with Crippen LogP contribution in [-0.4, -0.2) is 55.3 Å². The topological polar surface area (TPSA) is 93.9 Å². The number of ether oxygens (including phenoxy) is 2. The van der Waals surface area contributed by atoms with Crippen molar-refractivity contribution >= 4 is 12.0 Å². The van der Waals surface area contributed by atoms with Crippen LogP contribution in [0.1, 0.15) is 63.2 Å². The van der Waals surface area contributed by atoms with Crippen LogP contribution >= 0.6 is 0 Å². The summed E-state index contributed by atoms with van der Waals surface area (Å²) >= 11 is 0. The Hall–Kier alpha value is -2.35. The number of hydrogen-bond acceptors (Lipinski definition) is 5. The molecule has 2 rings (SSSR count). The molecule has 1 fully saturated rings.